The Hall–Kier alpha value is -2.30. The van der Waals surface area contributed by atoms with Gasteiger partial charge in [0.25, 0.3) is 0 Å². The van der Waals surface area contributed by atoms with Gasteiger partial charge in [-0.25, -0.2) is 0 Å². The number of likely N-dealkylation sites (tertiary alicyclic amines) is 1. The van der Waals surface area contributed by atoms with Crippen molar-refractivity contribution in [3.05, 3.63) is 36.1 Å². The number of amides is 2. The van der Waals surface area contributed by atoms with Crippen molar-refractivity contribution in [2.75, 3.05) is 6.54 Å². The molecule has 1 aliphatic heterocycles. The summed E-state index contributed by atoms with van der Waals surface area (Å²) in [5, 5.41) is 4.02. The summed E-state index contributed by atoms with van der Waals surface area (Å²) in [7, 11) is 0. The van der Waals surface area contributed by atoms with Gasteiger partial charge in [-0.1, -0.05) is 25.1 Å². The zero-order chi connectivity index (χ0) is 17.1. The maximum Gasteiger partial charge on any atom is 0.243 e. The van der Waals surface area contributed by atoms with E-state index >= 15 is 0 Å². The lowest BCUT2D eigenvalue weighted by atomic mass is 10.1. The number of para-hydroxylation sites is 1. The third-order valence-electron chi connectivity index (χ3n) is 4.57. The van der Waals surface area contributed by atoms with Gasteiger partial charge in [0, 0.05) is 18.4 Å². The van der Waals surface area contributed by atoms with Crippen LogP contribution in [0.1, 0.15) is 51.3 Å². The molecule has 5 heteroatoms. The van der Waals surface area contributed by atoms with E-state index in [0.717, 1.165) is 36.0 Å². The van der Waals surface area contributed by atoms with Gasteiger partial charge in [-0.2, -0.15) is 0 Å². The van der Waals surface area contributed by atoms with Gasteiger partial charge in [-0.3, -0.25) is 9.59 Å². The van der Waals surface area contributed by atoms with Crippen LogP contribution in [0.3, 0.4) is 0 Å². The largest absolute Gasteiger partial charge is 0.459 e. The summed E-state index contributed by atoms with van der Waals surface area (Å²) in [6.45, 7) is 4.56. The fourth-order valence-electron chi connectivity index (χ4n) is 3.29. The number of hydrogen-bond acceptors (Lipinski definition) is 3. The first-order valence-electron chi connectivity index (χ1n) is 8.68. The Morgan fingerprint density at radius 3 is 2.92 bits per heavy atom. The minimum atomic E-state index is -0.351. The minimum Gasteiger partial charge on any atom is -0.459 e. The van der Waals surface area contributed by atoms with Crippen molar-refractivity contribution in [2.24, 2.45) is 0 Å². The molecule has 2 amide bonds. The average molecular weight is 328 g/mol. The molecule has 2 aromatic rings. The van der Waals surface area contributed by atoms with Gasteiger partial charge in [0.1, 0.15) is 17.4 Å². The maximum absolute atomic E-state index is 12.6. The van der Waals surface area contributed by atoms with Crippen LogP contribution in [0.25, 0.3) is 11.0 Å². The Labute approximate surface area is 142 Å². The molecule has 0 radical (unpaired) electrons. The lowest BCUT2D eigenvalue weighted by molar-refractivity contribution is -0.138. The monoisotopic (exact) mass is 328 g/mol. The highest BCUT2D eigenvalue weighted by atomic mass is 16.3. The summed E-state index contributed by atoms with van der Waals surface area (Å²) in [5.41, 5.74) is 0.814. The van der Waals surface area contributed by atoms with Crippen LogP contribution in [-0.4, -0.2) is 29.3 Å². The molecule has 24 heavy (non-hydrogen) atoms. The molecular formula is C19H24N2O3. The van der Waals surface area contributed by atoms with E-state index in [1.165, 1.54) is 0 Å². The molecule has 0 spiro atoms. The van der Waals surface area contributed by atoms with Gasteiger partial charge >= 0.3 is 0 Å². The number of carbonyl (C=O) groups excluding carboxylic acids is 2. The van der Waals surface area contributed by atoms with Crippen LogP contribution < -0.4 is 5.32 Å². The number of nitrogens with zero attached hydrogens (tertiary/aromatic N) is 1. The summed E-state index contributed by atoms with van der Waals surface area (Å²) >= 11 is 0. The van der Waals surface area contributed by atoms with Crippen molar-refractivity contribution in [2.45, 2.75) is 51.6 Å². The molecule has 0 bridgehead atoms. The topological polar surface area (TPSA) is 62.6 Å². The Morgan fingerprint density at radius 2 is 2.17 bits per heavy atom. The molecule has 2 atom stereocenters. The zero-order valence-electron chi connectivity index (χ0n) is 14.2. The fourth-order valence-corrected chi connectivity index (χ4v) is 3.29. The van der Waals surface area contributed by atoms with E-state index in [1.807, 2.05) is 44.2 Å². The second kappa shape index (κ2) is 7.07. The van der Waals surface area contributed by atoms with Crippen molar-refractivity contribution in [3.63, 3.8) is 0 Å². The predicted octanol–water partition coefficient (Wildman–Crippen LogP) is 3.40. The number of fused-ring (bicyclic) bond motifs is 1. The normalized spacial score (nSPS) is 18.8. The Morgan fingerprint density at radius 1 is 1.38 bits per heavy atom. The van der Waals surface area contributed by atoms with E-state index in [4.69, 9.17) is 4.42 Å². The van der Waals surface area contributed by atoms with Crippen molar-refractivity contribution in [1.29, 1.82) is 0 Å². The van der Waals surface area contributed by atoms with Crippen LogP contribution >= 0.6 is 0 Å². The highest BCUT2D eigenvalue weighted by Gasteiger charge is 2.34. The highest BCUT2D eigenvalue weighted by Crippen LogP contribution is 2.25. The molecule has 1 fully saturated rings. The molecule has 3 rings (SSSR count). The number of hydrogen-bond donors (Lipinski definition) is 1. The van der Waals surface area contributed by atoms with Gasteiger partial charge < -0.3 is 14.6 Å². The van der Waals surface area contributed by atoms with Crippen LogP contribution in [0.15, 0.2) is 34.7 Å². The SMILES string of the molecule is CCCC(=O)N1CCCC1C(=O)NC(C)c1cc2ccccc2o1. The van der Waals surface area contributed by atoms with Crippen molar-refractivity contribution in [3.8, 4) is 0 Å². The summed E-state index contributed by atoms with van der Waals surface area (Å²) in [6.07, 6.45) is 2.92. The molecule has 2 heterocycles. The second-order valence-corrected chi connectivity index (χ2v) is 6.41. The first-order valence-corrected chi connectivity index (χ1v) is 8.68. The molecule has 0 aliphatic carbocycles. The molecule has 1 N–H and O–H groups in total. The van der Waals surface area contributed by atoms with Gasteiger partial charge in [0.05, 0.1) is 6.04 Å². The number of carbonyl (C=O) groups is 2. The van der Waals surface area contributed by atoms with Gasteiger partial charge in [-0.15, -0.1) is 0 Å². The number of furan rings is 1. The van der Waals surface area contributed by atoms with E-state index in [0.29, 0.717) is 13.0 Å². The van der Waals surface area contributed by atoms with Crippen molar-refractivity contribution >= 4 is 22.8 Å². The molecule has 128 valence electrons. The Balaban J connectivity index is 1.68. The van der Waals surface area contributed by atoms with Crippen molar-refractivity contribution < 1.29 is 14.0 Å². The quantitative estimate of drug-likeness (QED) is 0.915. The van der Waals surface area contributed by atoms with Crippen LogP contribution in [-0.2, 0) is 9.59 Å². The molecule has 1 aromatic heterocycles. The Bertz CT molecular complexity index is 704. The van der Waals surface area contributed by atoms with Crippen LogP contribution in [0.5, 0.6) is 0 Å². The number of rotatable bonds is 5. The average Bonchev–Trinajstić information content (AvgIpc) is 3.21. The second-order valence-electron chi connectivity index (χ2n) is 6.41. The van der Waals surface area contributed by atoms with E-state index in [2.05, 4.69) is 5.32 Å². The first kappa shape index (κ1) is 16.6. The van der Waals surface area contributed by atoms with Gasteiger partial charge in [0.2, 0.25) is 11.8 Å². The maximum atomic E-state index is 12.6. The third kappa shape index (κ3) is 3.30. The van der Waals surface area contributed by atoms with Gasteiger partial charge in [-0.05, 0) is 38.3 Å². The van der Waals surface area contributed by atoms with E-state index in [-0.39, 0.29) is 23.9 Å². The Kier molecular flexibility index (Phi) is 4.88. The molecule has 2 unspecified atom stereocenters. The standard InChI is InChI=1S/C19H24N2O3/c1-3-7-18(22)21-11-6-9-15(21)19(23)20-13(2)17-12-14-8-4-5-10-16(14)24-17/h4-5,8,10,12-13,15H,3,6-7,9,11H2,1-2H3,(H,20,23). The molecular weight excluding hydrogens is 304 g/mol. The first-order chi connectivity index (χ1) is 11.6. The lowest BCUT2D eigenvalue weighted by Gasteiger charge is -2.25. The van der Waals surface area contributed by atoms with E-state index < -0.39 is 0 Å². The van der Waals surface area contributed by atoms with E-state index in [1.54, 1.807) is 4.90 Å². The van der Waals surface area contributed by atoms with Crippen molar-refractivity contribution in [1.82, 2.24) is 10.2 Å². The van der Waals surface area contributed by atoms with Crippen LogP contribution in [0, 0.1) is 0 Å². The highest BCUT2D eigenvalue weighted by molar-refractivity contribution is 5.88. The summed E-state index contributed by atoms with van der Waals surface area (Å²) in [6, 6.07) is 9.16. The smallest absolute Gasteiger partial charge is 0.243 e. The summed E-state index contributed by atoms with van der Waals surface area (Å²) in [5.74, 6) is 0.713. The molecule has 1 saturated heterocycles. The fraction of sp³-hybridized carbons (Fsp3) is 0.474. The van der Waals surface area contributed by atoms with Gasteiger partial charge in [0.15, 0.2) is 0 Å². The van der Waals surface area contributed by atoms with E-state index in [9.17, 15) is 9.59 Å². The summed E-state index contributed by atoms with van der Waals surface area (Å²) < 4.78 is 5.81. The zero-order valence-corrected chi connectivity index (χ0v) is 14.2. The third-order valence-corrected chi connectivity index (χ3v) is 4.57. The minimum absolute atomic E-state index is 0.0755. The molecule has 0 saturated carbocycles. The molecule has 1 aliphatic rings. The van der Waals surface area contributed by atoms with Crippen LogP contribution in [0.4, 0.5) is 0 Å². The summed E-state index contributed by atoms with van der Waals surface area (Å²) in [4.78, 5) is 26.5. The predicted molar refractivity (Wildman–Crippen MR) is 92.4 cm³/mol. The lowest BCUT2D eigenvalue weighted by Crippen LogP contribution is -2.46. The number of benzene rings is 1. The molecule has 5 nitrogen and oxygen atoms in total. The van der Waals surface area contributed by atoms with Crippen LogP contribution in [0.2, 0.25) is 0 Å². The molecule has 1 aromatic carbocycles. The number of nitrogens with one attached hydrogen (secondary N) is 1.